The van der Waals surface area contributed by atoms with Crippen molar-refractivity contribution in [3.05, 3.63) is 28.4 Å². The van der Waals surface area contributed by atoms with Gasteiger partial charge in [0.25, 0.3) is 5.56 Å². The Morgan fingerprint density at radius 1 is 1.57 bits per heavy atom. The Morgan fingerprint density at radius 2 is 2.21 bits per heavy atom. The van der Waals surface area contributed by atoms with Crippen molar-refractivity contribution in [2.24, 2.45) is 5.92 Å². The number of nitrogens with one attached hydrogen (secondary N) is 1. The molecule has 5 heteroatoms. The standard InChI is InChI=1S/C9H12N2O3/c1-5(2)8(9(13)14)6-3-7(12)11-4-10-6/h3-5,8H,1-2H3,(H,13,14)(H,10,11,12). The number of aromatic nitrogens is 2. The van der Waals surface area contributed by atoms with Crippen LogP contribution in [0, 0.1) is 5.92 Å². The molecule has 0 saturated heterocycles. The molecule has 76 valence electrons. The predicted octanol–water partition coefficient (Wildman–Crippen LogP) is 0.594. The minimum atomic E-state index is -0.960. The number of hydrogen-bond donors (Lipinski definition) is 2. The van der Waals surface area contributed by atoms with Gasteiger partial charge < -0.3 is 10.1 Å². The number of hydrogen-bond acceptors (Lipinski definition) is 3. The van der Waals surface area contributed by atoms with Crippen LogP contribution in [0.4, 0.5) is 0 Å². The third kappa shape index (κ3) is 2.18. The van der Waals surface area contributed by atoms with E-state index in [9.17, 15) is 9.59 Å². The van der Waals surface area contributed by atoms with Crippen molar-refractivity contribution in [2.75, 3.05) is 0 Å². The third-order valence-electron chi connectivity index (χ3n) is 1.95. The van der Waals surface area contributed by atoms with Crippen LogP contribution in [-0.2, 0) is 4.79 Å². The topological polar surface area (TPSA) is 83.0 Å². The molecular weight excluding hydrogens is 184 g/mol. The SMILES string of the molecule is CC(C)C(C(=O)O)c1cc(=O)[nH]cn1. The number of carboxylic acids is 1. The highest BCUT2D eigenvalue weighted by Gasteiger charge is 2.24. The average Bonchev–Trinajstić information content (AvgIpc) is 2.02. The van der Waals surface area contributed by atoms with Gasteiger partial charge in [-0.2, -0.15) is 0 Å². The second-order valence-corrected chi connectivity index (χ2v) is 3.40. The van der Waals surface area contributed by atoms with E-state index in [4.69, 9.17) is 5.11 Å². The van der Waals surface area contributed by atoms with Gasteiger partial charge in [-0.3, -0.25) is 9.59 Å². The lowest BCUT2D eigenvalue weighted by Gasteiger charge is -2.14. The van der Waals surface area contributed by atoms with Crippen LogP contribution >= 0.6 is 0 Å². The molecule has 0 bridgehead atoms. The maximum Gasteiger partial charge on any atom is 0.312 e. The second-order valence-electron chi connectivity index (χ2n) is 3.40. The minimum absolute atomic E-state index is 0.0956. The Morgan fingerprint density at radius 3 is 2.64 bits per heavy atom. The molecule has 1 atom stereocenters. The van der Waals surface area contributed by atoms with Crippen LogP contribution in [0.15, 0.2) is 17.2 Å². The second kappa shape index (κ2) is 4.04. The molecule has 1 aromatic rings. The fraction of sp³-hybridized carbons (Fsp3) is 0.444. The summed E-state index contributed by atoms with van der Waals surface area (Å²) < 4.78 is 0. The molecule has 5 nitrogen and oxygen atoms in total. The van der Waals surface area contributed by atoms with Crippen molar-refractivity contribution in [2.45, 2.75) is 19.8 Å². The molecule has 14 heavy (non-hydrogen) atoms. The molecule has 0 aliphatic heterocycles. The summed E-state index contributed by atoms with van der Waals surface area (Å²) in [5.74, 6) is -1.78. The Bertz CT molecular complexity index is 384. The molecule has 1 rings (SSSR count). The summed E-state index contributed by atoms with van der Waals surface area (Å²) in [6.45, 7) is 3.56. The number of aliphatic carboxylic acids is 1. The molecule has 0 saturated carbocycles. The molecule has 0 spiro atoms. The highest BCUT2D eigenvalue weighted by molar-refractivity contribution is 5.75. The molecule has 1 unspecified atom stereocenters. The summed E-state index contributed by atoms with van der Waals surface area (Å²) >= 11 is 0. The fourth-order valence-corrected chi connectivity index (χ4v) is 1.31. The van der Waals surface area contributed by atoms with Crippen molar-refractivity contribution >= 4 is 5.97 Å². The molecule has 0 radical (unpaired) electrons. The summed E-state index contributed by atoms with van der Waals surface area (Å²) in [5.41, 5.74) is -0.0295. The predicted molar refractivity (Wildman–Crippen MR) is 50.1 cm³/mol. The zero-order valence-corrected chi connectivity index (χ0v) is 8.02. The summed E-state index contributed by atoms with van der Waals surface area (Å²) in [5, 5.41) is 8.94. The number of nitrogens with zero attached hydrogens (tertiary/aromatic N) is 1. The van der Waals surface area contributed by atoms with E-state index >= 15 is 0 Å². The van der Waals surface area contributed by atoms with E-state index in [2.05, 4.69) is 9.97 Å². The molecule has 2 N–H and O–H groups in total. The molecule has 0 amide bonds. The first-order valence-electron chi connectivity index (χ1n) is 4.30. The van der Waals surface area contributed by atoms with Crippen molar-refractivity contribution in [1.29, 1.82) is 0 Å². The van der Waals surface area contributed by atoms with Gasteiger partial charge in [0.1, 0.15) is 5.92 Å². The van der Waals surface area contributed by atoms with Crippen LogP contribution in [0.25, 0.3) is 0 Å². The van der Waals surface area contributed by atoms with E-state index in [-0.39, 0.29) is 11.5 Å². The van der Waals surface area contributed by atoms with E-state index in [0.29, 0.717) is 5.69 Å². The van der Waals surface area contributed by atoms with Gasteiger partial charge in [-0.25, -0.2) is 4.98 Å². The number of carboxylic acid groups (broad SMARTS) is 1. The summed E-state index contributed by atoms with van der Waals surface area (Å²) in [6, 6.07) is 1.22. The van der Waals surface area contributed by atoms with Crippen molar-refractivity contribution in [1.82, 2.24) is 9.97 Å². The fourth-order valence-electron chi connectivity index (χ4n) is 1.31. The maximum atomic E-state index is 11.0. The average molecular weight is 196 g/mol. The Balaban J connectivity index is 3.12. The maximum absolute atomic E-state index is 11.0. The molecular formula is C9H12N2O3. The molecule has 1 heterocycles. The van der Waals surface area contributed by atoms with Crippen LogP contribution in [0.2, 0.25) is 0 Å². The third-order valence-corrected chi connectivity index (χ3v) is 1.95. The largest absolute Gasteiger partial charge is 0.481 e. The monoisotopic (exact) mass is 196 g/mol. The molecule has 1 aromatic heterocycles. The van der Waals surface area contributed by atoms with Gasteiger partial charge in [-0.1, -0.05) is 13.8 Å². The zero-order valence-electron chi connectivity index (χ0n) is 8.02. The van der Waals surface area contributed by atoms with Crippen molar-refractivity contribution in [3.63, 3.8) is 0 Å². The van der Waals surface area contributed by atoms with Crippen LogP contribution in [0.5, 0.6) is 0 Å². The smallest absolute Gasteiger partial charge is 0.312 e. The van der Waals surface area contributed by atoms with Crippen LogP contribution in [0.1, 0.15) is 25.5 Å². The van der Waals surface area contributed by atoms with Gasteiger partial charge in [0, 0.05) is 6.07 Å². The first-order chi connectivity index (χ1) is 6.52. The van der Waals surface area contributed by atoms with Gasteiger partial charge in [0.2, 0.25) is 0 Å². The van der Waals surface area contributed by atoms with Gasteiger partial charge in [-0.05, 0) is 5.92 Å². The minimum Gasteiger partial charge on any atom is -0.481 e. The van der Waals surface area contributed by atoms with E-state index in [1.807, 2.05) is 0 Å². The van der Waals surface area contributed by atoms with Crippen molar-refractivity contribution < 1.29 is 9.90 Å². The zero-order chi connectivity index (χ0) is 10.7. The lowest BCUT2D eigenvalue weighted by atomic mass is 9.92. The quantitative estimate of drug-likeness (QED) is 0.741. The molecule has 0 aliphatic rings. The first kappa shape index (κ1) is 10.4. The lowest BCUT2D eigenvalue weighted by Crippen LogP contribution is -2.21. The molecule has 0 aromatic carbocycles. The lowest BCUT2D eigenvalue weighted by molar-refractivity contribution is -0.140. The molecule has 0 aliphatic carbocycles. The Kier molecular flexibility index (Phi) is 3.01. The van der Waals surface area contributed by atoms with E-state index < -0.39 is 11.9 Å². The van der Waals surface area contributed by atoms with Crippen LogP contribution in [-0.4, -0.2) is 21.0 Å². The van der Waals surface area contributed by atoms with Crippen LogP contribution < -0.4 is 5.56 Å². The number of carbonyl (C=O) groups is 1. The van der Waals surface area contributed by atoms with E-state index in [1.165, 1.54) is 12.4 Å². The van der Waals surface area contributed by atoms with E-state index in [0.717, 1.165) is 0 Å². The van der Waals surface area contributed by atoms with Gasteiger partial charge in [-0.15, -0.1) is 0 Å². The first-order valence-corrected chi connectivity index (χ1v) is 4.30. The number of rotatable bonds is 3. The Hall–Kier alpha value is -1.65. The van der Waals surface area contributed by atoms with Gasteiger partial charge in [0.05, 0.1) is 12.0 Å². The summed E-state index contributed by atoms with van der Waals surface area (Å²) in [4.78, 5) is 28.0. The Labute approximate surface area is 80.8 Å². The molecule has 0 fully saturated rings. The summed E-state index contributed by atoms with van der Waals surface area (Å²) in [7, 11) is 0. The highest BCUT2D eigenvalue weighted by Crippen LogP contribution is 2.21. The number of aromatic amines is 1. The highest BCUT2D eigenvalue weighted by atomic mass is 16.4. The number of H-pyrrole nitrogens is 1. The van der Waals surface area contributed by atoms with Crippen LogP contribution in [0.3, 0.4) is 0 Å². The normalized spacial score (nSPS) is 12.8. The van der Waals surface area contributed by atoms with Gasteiger partial charge in [0.15, 0.2) is 0 Å². The summed E-state index contributed by atoms with van der Waals surface area (Å²) in [6.07, 6.45) is 1.22. The van der Waals surface area contributed by atoms with E-state index in [1.54, 1.807) is 13.8 Å². The van der Waals surface area contributed by atoms with Gasteiger partial charge >= 0.3 is 5.97 Å². The van der Waals surface area contributed by atoms with Crippen molar-refractivity contribution in [3.8, 4) is 0 Å².